The topological polar surface area (TPSA) is 66.8 Å². The summed E-state index contributed by atoms with van der Waals surface area (Å²) >= 11 is 1.59. The van der Waals surface area contributed by atoms with Crippen molar-refractivity contribution in [1.82, 2.24) is 9.38 Å². The summed E-state index contributed by atoms with van der Waals surface area (Å²) in [7, 11) is 0. The molecule has 2 heterocycles. The Bertz CT molecular complexity index is 491. The molecule has 6 heteroatoms. The largest absolute Gasteiger partial charge is 0.395 e. The van der Waals surface area contributed by atoms with Crippen molar-refractivity contribution in [1.29, 1.82) is 0 Å². The zero-order valence-corrected chi connectivity index (χ0v) is 10.9. The van der Waals surface area contributed by atoms with E-state index in [2.05, 4.69) is 23.7 Å². The highest BCUT2D eigenvalue weighted by atomic mass is 32.1. The minimum absolute atomic E-state index is 0.118. The number of anilines is 1. The second-order valence-electron chi connectivity index (χ2n) is 4.15. The third-order valence-electron chi connectivity index (χ3n) is 2.77. The first-order valence-corrected chi connectivity index (χ1v) is 6.59. The molecule has 94 valence electrons. The number of nitrogens with two attached hydrogens (primary N) is 1. The van der Waals surface area contributed by atoms with Crippen LogP contribution in [0.4, 0.5) is 5.82 Å². The second-order valence-corrected chi connectivity index (χ2v) is 5.03. The first-order chi connectivity index (χ1) is 8.19. The highest BCUT2D eigenvalue weighted by Crippen LogP contribution is 2.25. The smallest absolute Gasteiger partial charge is 0.195 e. The van der Waals surface area contributed by atoms with Crippen LogP contribution in [0, 0.1) is 0 Å². The van der Waals surface area contributed by atoms with Gasteiger partial charge in [-0.05, 0) is 13.8 Å². The van der Waals surface area contributed by atoms with Crippen molar-refractivity contribution in [3.8, 4) is 0 Å². The van der Waals surface area contributed by atoms with Crippen LogP contribution in [0.1, 0.15) is 19.5 Å². The van der Waals surface area contributed by atoms with Gasteiger partial charge in [-0.25, -0.2) is 4.98 Å². The van der Waals surface area contributed by atoms with Crippen molar-refractivity contribution < 1.29 is 5.11 Å². The number of nitrogens with zero attached hydrogens (tertiary/aromatic N) is 3. The molecular formula is C11H18N4OS. The number of rotatable bonds is 5. The highest BCUT2D eigenvalue weighted by molar-refractivity contribution is 7.15. The van der Waals surface area contributed by atoms with E-state index in [-0.39, 0.29) is 12.6 Å². The SMILES string of the molecule is CC(C)N(CCO)c1nc2sccn2c1CN. The van der Waals surface area contributed by atoms with Crippen molar-refractivity contribution in [3.05, 3.63) is 17.3 Å². The van der Waals surface area contributed by atoms with Gasteiger partial charge < -0.3 is 15.7 Å². The zero-order chi connectivity index (χ0) is 12.4. The molecule has 5 nitrogen and oxygen atoms in total. The molecule has 0 aromatic carbocycles. The minimum atomic E-state index is 0.118. The maximum atomic E-state index is 9.13. The van der Waals surface area contributed by atoms with Gasteiger partial charge >= 0.3 is 0 Å². The van der Waals surface area contributed by atoms with Crippen LogP contribution in [0.3, 0.4) is 0 Å². The third kappa shape index (κ3) is 2.15. The number of hydrogen-bond donors (Lipinski definition) is 2. The van der Waals surface area contributed by atoms with E-state index in [0.717, 1.165) is 16.5 Å². The summed E-state index contributed by atoms with van der Waals surface area (Å²) in [6.07, 6.45) is 1.98. The number of hydrogen-bond acceptors (Lipinski definition) is 5. The van der Waals surface area contributed by atoms with Gasteiger partial charge in [0.1, 0.15) is 0 Å². The summed E-state index contributed by atoms with van der Waals surface area (Å²) in [5.41, 5.74) is 6.81. The molecule has 17 heavy (non-hydrogen) atoms. The molecule has 2 aromatic heterocycles. The fourth-order valence-corrected chi connectivity index (χ4v) is 2.69. The van der Waals surface area contributed by atoms with E-state index in [0.29, 0.717) is 13.1 Å². The Labute approximate surface area is 104 Å². The molecule has 3 N–H and O–H groups in total. The molecule has 0 aliphatic carbocycles. The molecule has 0 saturated heterocycles. The number of aliphatic hydroxyl groups is 1. The molecular weight excluding hydrogens is 236 g/mol. The van der Waals surface area contributed by atoms with E-state index < -0.39 is 0 Å². The van der Waals surface area contributed by atoms with Crippen molar-refractivity contribution in [2.75, 3.05) is 18.1 Å². The van der Waals surface area contributed by atoms with Crippen LogP contribution in [-0.4, -0.2) is 33.7 Å². The molecule has 0 spiro atoms. The fraction of sp³-hybridized carbons (Fsp3) is 0.545. The Morgan fingerprint density at radius 3 is 2.94 bits per heavy atom. The average molecular weight is 254 g/mol. The molecule has 0 atom stereocenters. The molecule has 0 unspecified atom stereocenters. The summed E-state index contributed by atoms with van der Waals surface area (Å²) in [5, 5.41) is 11.1. The predicted molar refractivity (Wildman–Crippen MR) is 70.5 cm³/mol. The van der Waals surface area contributed by atoms with Gasteiger partial charge in [-0.2, -0.15) is 0 Å². The lowest BCUT2D eigenvalue weighted by Crippen LogP contribution is -2.34. The van der Waals surface area contributed by atoms with Gasteiger partial charge in [0.05, 0.1) is 12.3 Å². The van der Waals surface area contributed by atoms with E-state index in [1.807, 2.05) is 16.0 Å². The standard InChI is InChI=1S/C11H18N4OS/c1-8(2)14(3-5-16)10-9(7-12)15-4-6-17-11(15)13-10/h4,6,8,16H,3,5,7,12H2,1-2H3. The molecule has 2 aromatic rings. The Morgan fingerprint density at radius 1 is 1.59 bits per heavy atom. The maximum absolute atomic E-state index is 9.13. The summed E-state index contributed by atoms with van der Waals surface area (Å²) in [4.78, 5) is 7.63. The molecule has 0 amide bonds. The molecule has 0 radical (unpaired) electrons. The van der Waals surface area contributed by atoms with Crippen LogP contribution < -0.4 is 10.6 Å². The van der Waals surface area contributed by atoms with Crippen LogP contribution in [0.2, 0.25) is 0 Å². The van der Waals surface area contributed by atoms with E-state index in [1.54, 1.807) is 11.3 Å². The Hall–Kier alpha value is -1.11. The Morgan fingerprint density at radius 2 is 2.35 bits per heavy atom. The van der Waals surface area contributed by atoms with E-state index in [1.165, 1.54) is 0 Å². The van der Waals surface area contributed by atoms with Gasteiger partial charge in [0.2, 0.25) is 0 Å². The Balaban J connectivity index is 2.47. The normalized spacial score (nSPS) is 11.6. The van der Waals surface area contributed by atoms with Gasteiger partial charge in [-0.1, -0.05) is 0 Å². The van der Waals surface area contributed by atoms with Gasteiger partial charge in [0.25, 0.3) is 0 Å². The fourth-order valence-electron chi connectivity index (χ4n) is 1.96. The van der Waals surface area contributed by atoms with E-state index in [9.17, 15) is 0 Å². The molecule has 0 bridgehead atoms. The molecule has 2 rings (SSSR count). The quantitative estimate of drug-likeness (QED) is 0.837. The third-order valence-corrected chi connectivity index (χ3v) is 3.53. The first kappa shape index (κ1) is 12.3. The lowest BCUT2D eigenvalue weighted by molar-refractivity contribution is 0.298. The van der Waals surface area contributed by atoms with Gasteiger partial charge in [-0.3, -0.25) is 4.40 Å². The molecule has 0 aliphatic heterocycles. The van der Waals surface area contributed by atoms with Crippen molar-refractivity contribution in [2.24, 2.45) is 5.73 Å². The van der Waals surface area contributed by atoms with Crippen LogP contribution in [0.5, 0.6) is 0 Å². The molecule has 0 aliphatic rings. The maximum Gasteiger partial charge on any atom is 0.195 e. The molecule has 0 fully saturated rings. The number of aliphatic hydroxyl groups excluding tert-OH is 1. The second kappa shape index (κ2) is 5.03. The predicted octanol–water partition coefficient (Wildman–Crippen LogP) is 1.06. The van der Waals surface area contributed by atoms with Crippen LogP contribution in [-0.2, 0) is 6.54 Å². The first-order valence-electron chi connectivity index (χ1n) is 5.71. The Kier molecular flexibility index (Phi) is 3.66. The van der Waals surface area contributed by atoms with Crippen molar-refractivity contribution in [3.63, 3.8) is 0 Å². The van der Waals surface area contributed by atoms with Gasteiger partial charge in [0, 0.05) is 30.7 Å². The molecule has 0 saturated carbocycles. The summed E-state index contributed by atoms with van der Waals surface area (Å²) < 4.78 is 2.02. The summed E-state index contributed by atoms with van der Waals surface area (Å²) in [5.74, 6) is 0.892. The number of thiazole rings is 1. The van der Waals surface area contributed by atoms with Gasteiger partial charge in [-0.15, -0.1) is 11.3 Å². The van der Waals surface area contributed by atoms with Crippen molar-refractivity contribution in [2.45, 2.75) is 26.4 Å². The van der Waals surface area contributed by atoms with E-state index in [4.69, 9.17) is 10.8 Å². The monoisotopic (exact) mass is 254 g/mol. The average Bonchev–Trinajstić information content (AvgIpc) is 2.84. The zero-order valence-electron chi connectivity index (χ0n) is 10.1. The highest BCUT2D eigenvalue weighted by Gasteiger charge is 2.19. The minimum Gasteiger partial charge on any atom is -0.395 e. The van der Waals surface area contributed by atoms with E-state index >= 15 is 0 Å². The summed E-state index contributed by atoms with van der Waals surface area (Å²) in [6.45, 7) is 5.32. The lowest BCUT2D eigenvalue weighted by atomic mass is 10.3. The van der Waals surface area contributed by atoms with Crippen LogP contribution in [0.25, 0.3) is 4.96 Å². The number of imidazole rings is 1. The van der Waals surface area contributed by atoms with Gasteiger partial charge in [0.15, 0.2) is 10.8 Å². The summed E-state index contributed by atoms with van der Waals surface area (Å²) in [6, 6.07) is 0.289. The number of aromatic nitrogens is 2. The van der Waals surface area contributed by atoms with Crippen molar-refractivity contribution >= 4 is 22.1 Å². The number of fused-ring (bicyclic) bond motifs is 1. The lowest BCUT2D eigenvalue weighted by Gasteiger charge is -2.26. The van der Waals surface area contributed by atoms with Crippen LogP contribution in [0.15, 0.2) is 11.6 Å². The van der Waals surface area contributed by atoms with Crippen LogP contribution >= 0.6 is 11.3 Å².